The molecule has 6 nitrogen and oxygen atoms in total. The Hall–Kier alpha value is -2.78. The number of alkyl halides is 1. The molecule has 1 aliphatic heterocycles. The van der Waals surface area contributed by atoms with Crippen molar-refractivity contribution in [2.24, 2.45) is 0 Å². The molecule has 3 aromatic rings. The van der Waals surface area contributed by atoms with Crippen molar-refractivity contribution in [2.75, 3.05) is 11.0 Å². The Morgan fingerprint density at radius 3 is 2.23 bits per heavy atom. The molecule has 1 atom stereocenters. The van der Waals surface area contributed by atoms with Gasteiger partial charge in [0.15, 0.2) is 0 Å². The SMILES string of the molecule is O=C(OCC(O)CI)c1cccc(C2c3ccc(O)cc3Oc3cc(O)ccc32)c1. The molecule has 154 valence electrons. The number of ether oxygens (including phenoxy) is 2. The number of hydrogen-bond acceptors (Lipinski definition) is 6. The van der Waals surface area contributed by atoms with Crippen LogP contribution in [-0.4, -0.2) is 38.4 Å². The molecule has 0 radical (unpaired) electrons. The fourth-order valence-corrected chi connectivity index (χ4v) is 3.74. The average molecular weight is 518 g/mol. The Morgan fingerprint density at radius 2 is 1.63 bits per heavy atom. The van der Waals surface area contributed by atoms with Gasteiger partial charge in [0.25, 0.3) is 0 Å². The fourth-order valence-electron chi connectivity index (χ4n) is 3.49. The van der Waals surface area contributed by atoms with Gasteiger partial charge in [0.05, 0.1) is 11.7 Å². The Morgan fingerprint density at radius 1 is 1.00 bits per heavy atom. The van der Waals surface area contributed by atoms with Gasteiger partial charge in [-0.2, -0.15) is 0 Å². The molecule has 3 aromatic carbocycles. The normalized spacial score (nSPS) is 13.7. The van der Waals surface area contributed by atoms with Gasteiger partial charge in [-0.05, 0) is 29.8 Å². The van der Waals surface area contributed by atoms with E-state index in [0.717, 1.165) is 16.7 Å². The number of aromatic hydroxyl groups is 2. The lowest BCUT2D eigenvalue weighted by Gasteiger charge is -2.29. The van der Waals surface area contributed by atoms with Crippen molar-refractivity contribution < 1.29 is 29.6 Å². The third kappa shape index (κ3) is 4.08. The lowest BCUT2D eigenvalue weighted by Crippen LogP contribution is -2.20. The van der Waals surface area contributed by atoms with E-state index in [1.54, 1.807) is 42.5 Å². The molecule has 30 heavy (non-hydrogen) atoms. The lowest BCUT2D eigenvalue weighted by molar-refractivity contribution is 0.0310. The number of phenolic OH excluding ortho intramolecular Hbond substituents is 2. The molecule has 0 amide bonds. The fraction of sp³-hybridized carbons (Fsp3) is 0.174. The van der Waals surface area contributed by atoms with Gasteiger partial charge in [0, 0.05) is 33.6 Å². The van der Waals surface area contributed by atoms with Crippen LogP contribution in [0.2, 0.25) is 0 Å². The molecule has 0 fully saturated rings. The third-order valence-corrected chi connectivity index (χ3v) is 5.89. The van der Waals surface area contributed by atoms with Crippen LogP contribution >= 0.6 is 22.6 Å². The number of hydrogen-bond donors (Lipinski definition) is 3. The molecule has 3 N–H and O–H groups in total. The van der Waals surface area contributed by atoms with Crippen molar-refractivity contribution in [3.63, 3.8) is 0 Å². The smallest absolute Gasteiger partial charge is 0.338 e. The highest BCUT2D eigenvalue weighted by atomic mass is 127. The van der Waals surface area contributed by atoms with Crippen LogP contribution in [0.15, 0.2) is 60.7 Å². The number of aliphatic hydroxyl groups excluding tert-OH is 1. The third-order valence-electron chi connectivity index (χ3n) is 4.88. The predicted octanol–water partition coefficient (Wildman–Crippen LogP) is 4.34. The first-order valence-electron chi connectivity index (χ1n) is 9.31. The van der Waals surface area contributed by atoms with Gasteiger partial charge < -0.3 is 24.8 Å². The first-order valence-corrected chi connectivity index (χ1v) is 10.8. The van der Waals surface area contributed by atoms with Gasteiger partial charge >= 0.3 is 5.97 Å². The van der Waals surface area contributed by atoms with E-state index in [1.165, 1.54) is 12.1 Å². The summed E-state index contributed by atoms with van der Waals surface area (Å²) >= 11 is 2.03. The van der Waals surface area contributed by atoms with Crippen molar-refractivity contribution >= 4 is 28.6 Å². The number of benzene rings is 3. The molecule has 7 heteroatoms. The van der Waals surface area contributed by atoms with Gasteiger partial charge in [-0.15, -0.1) is 0 Å². The number of carbonyl (C=O) groups excluding carboxylic acids is 1. The topological polar surface area (TPSA) is 96.2 Å². The summed E-state index contributed by atoms with van der Waals surface area (Å²) in [4.78, 5) is 12.5. The highest BCUT2D eigenvalue weighted by molar-refractivity contribution is 14.1. The first kappa shape index (κ1) is 20.5. The number of fused-ring (bicyclic) bond motifs is 2. The predicted molar refractivity (Wildman–Crippen MR) is 119 cm³/mol. The van der Waals surface area contributed by atoms with Crippen LogP contribution in [-0.2, 0) is 4.74 Å². The first-order chi connectivity index (χ1) is 14.5. The van der Waals surface area contributed by atoms with Gasteiger partial charge in [-0.3, -0.25) is 0 Å². The number of esters is 1. The Labute approximate surface area is 186 Å². The zero-order valence-corrected chi connectivity index (χ0v) is 17.9. The monoisotopic (exact) mass is 518 g/mol. The van der Waals surface area contributed by atoms with E-state index in [2.05, 4.69) is 0 Å². The molecule has 0 aliphatic carbocycles. The van der Waals surface area contributed by atoms with E-state index in [0.29, 0.717) is 21.5 Å². The largest absolute Gasteiger partial charge is 0.508 e. The second-order valence-corrected chi connectivity index (χ2v) is 7.89. The van der Waals surface area contributed by atoms with Crippen molar-refractivity contribution in [3.05, 3.63) is 82.9 Å². The van der Waals surface area contributed by atoms with Crippen LogP contribution in [0, 0.1) is 0 Å². The van der Waals surface area contributed by atoms with Crippen molar-refractivity contribution in [1.29, 1.82) is 0 Å². The minimum Gasteiger partial charge on any atom is -0.508 e. The summed E-state index contributed by atoms with van der Waals surface area (Å²) in [7, 11) is 0. The van der Waals surface area contributed by atoms with Crippen LogP contribution in [0.5, 0.6) is 23.0 Å². The van der Waals surface area contributed by atoms with Crippen molar-refractivity contribution in [3.8, 4) is 23.0 Å². The molecule has 0 spiro atoms. The summed E-state index contributed by atoms with van der Waals surface area (Å²) in [5, 5.41) is 29.4. The molecular formula is C23H19IO6. The summed E-state index contributed by atoms with van der Waals surface area (Å²) in [5.41, 5.74) is 2.87. The summed E-state index contributed by atoms with van der Waals surface area (Å²) < 4.78 is 11.6. The minimum atomic E-state index is -0.702. The molecular weight excluding hydrogens is 499 g/mol. The molecule has 0 saturated carbocycles. The zero-order valence-electron chi connectivity index (χ0n) is 15.8. The number of aliphatic hydroxyl groups is 1. The molecule has 4 rings (SSSR count). The van der Waals surface area contributed by atoms with Gasteiger partial charge in [-0.25, -0.2) is 4.79 Å². The summed E-state index contributed by atoms with van der Waals surface area (Å²) in [6.45, 7) is -0.0620. The zero-order chi connectivity index (χ0) is 21.3. The van der Waals surface area contributed by atoms with Crippen LogP contribution in [0.25, 0.3) is 0 Å². The van der Waals surface area contributed by atoms with E-state index in [4.69, 9.17) is 9.47 Å². The van der Waals surface area contributed by atoms with Crippen LogP contribution in [0.1, 0.15) is 33.0 Å². The average Bonchev–Trinajstić information content (AvgIpc) is 2.75. The standard InChI is InChI=1S/C23H19IO6/c24-11-17(27)12-29-23(28)14-3-1-2-13(8-14)22-18-6-4-15(25)9-20(18)30-21-10-16(26)5-7-19(21)22/h1-10,17,22,25-27H,11-12H2. The van der Waals surface area contributed by atoms with Crippen LogP contribution in [0.3, 0.4) is 0 Å². The second kappa shape index (κ2) is 8.53. The highest BCUT2D eigenvalue weighted by Crippen LogP contribution is 2.49. The second-order valence-electron chi connectivity index (χ2n) is 7.01. The maximum Gasteiger partial charge on any atom is 0.338 e. The Balaban J connectivity index is 1.75. The molecule has 0 bridgehead atoms. The quantitative estimate of drug-likeness (QED) is 0.207. The van der Waals surface area contributed by atoms with E-state index in [-0.39, 0.29) is 24.0 Å². The molecule has 1 heterocycles. The molecule has 0 aromatic heterocycles. The van der Waals surface area contributed by atoms with E-state index >= 15 is 0 Å². The van der Waals surface area contributed by atoms with Gasteiger partial charge in [-0.1, -0.05) is 46.9 Å². The summed E-state index contributed by atoms with van der Waals surface area (Å²) in [5.74, 6) is 0.333. The number of rotatable bonds is 5. The molecule has 1 unspecified atom stereocenters. The van der Waals surface area contributed by atoms with Crippen LogP contribution in [0.4, 0.5) is 0 Å². The molecule has 1 aliphatic rings. The Bertz CT molecular complexity index is 1050. The molecule has 0 saturated heterocycles. The number of halogens is 1. The van der Waals surface area contributed by atoms with E-state index in [9.17, 15) is 20.1 Å². The minimum absolute atomic E-state index is 0.0620. The van der Waals surface area contributed by atoms with Gasteiger partial charge in [0.1, 0.15) is 29.6 Å². The maximum absolute atomic E-state index is 12.5. The van der Waals surface area contributed by atoms with E-state index < -0.39 is 12.1 Å². The highest BCUT2D eigenvalue weighted by Gasteiger charge is 2.30. The Kier molecular flexibility index (Phi) is 5.83. The summed E-state index contributed by atoms with van der Waals surface area (Å²) in [6, 6.07) is 16.9. The maximum atomic E-state index is 12.5. The number of phenols is 2. The van der Waals surface area contributed by atoms with Crippen molar-refractivity contribution in [2.45, 2.75) is 12.0 Å². The van der Waals surface area contributed by atoms with Crippen LogP contribution < -0.4 is 4.74 Å². The lowest BCUT2D eigenvalue weighted by atomic mass is 9.82. The summed E-state index contributed by atoms with van der Waals surface area (Å²) in [6.07, 6.45) is -0.702. The van der Waals surface area contributed by atoms with E-state index in [1.807, 2.05) is 28.7 Å². The van der Waals surface area contributed by atoms with Gasteiger partial charge in [0.2, 0.25) is 0 Å². The van der Waals surface area contributed by atoms with Crippen molar-refractivity contribution in [1.82, 2.24) is 0 Å². The number of carbonyl (C=O) groups is 1.